The van der Waals surface area contributed by atoms with Crippen LogP contribution >= 0.6 is 0 Å². The van der Waals surface area contributed by atoms with Crippen molar-refractivity contribution in [1.82, 2.24) is 0 Å². The Hall–Kier alpha value is -3.13. The second-order valence-electron chi connectivity index (χ2n) is 6.39. The van der Waals surface area contributed by atoms with E-state index < -0.39 is 0 Å². The minimum absolute atomic E-state index is 0.122. The molecule has 1 saturated carbocycles. The SMILES string of the molecule is Cc1cccc(C)c1NC(=O)C1CC1C(=O)Nc1cccc(C#N)c1. The molecule has 0 spiro atoms. The van der Waals surface area contributed by atoms with E-state index in [2.05, 4.69) is 10.6 Å². The highest BCUT2D eigenvalue weighted by molar-refractivity contribution is 6.03. The third-order valence-electron chi connectivity index (χ3n) is 4.45. The van der Waals surface area contributed by atoms with E-state index in [-0.39, 0.29) is 23.7 Å². The van der Waals surface area contributed by atoms with Gasteiger partial charge in [-0.2, -0.15) is 5.26 Å². The predicted molar refractivity (Wildman–Crippen MR) is 95.9 cm³/mol. The van der Waals surface area contributed by atoms with Crippen molar-refractivity contribution in [2.75, 3.05) is 10.6 Å². The summed E-state index contributed by atoms with van der Waals surface area (Å²) >= 11 is 0. The number of nitrogens with one attached hydrogen (secondary N) is 2. The van der Waals surface area contributed by atoms with Gasteiger partial charge in [0.05, 0.1) is 23.5 Å². The summed E-state index contributed by atoms with van der Waals surface area (Å²) in [5, 5.41) is 14.6. The van der Waals surface area contributed by atoms with E-state index in [9.17, 15) is 9.59 Å². The van der Waals surface area contributed by atoms with Crippen molar-refractivity contribution >= 4 is 23.2 Å². The van der Waals surface area contributed by atoms with E-state index in [1.165, 1.54) is 0 Å². The maximum atomic E-state index is 12.4. The molecule has 0 saturated heterocycles. The molecule has 0 aliphatic heterocycles. The maximum Gasteiger partial charge on any atom is 0.228 e. The number of amides is 2. The van der Waals surface area contributed by atoms with Gasteiger partial charge in [0.1, 0.15) is 0 Å². The standard InChI is InChI=1S/C20H19N3O2/c1-12-5-3-6-13(2)18(12)23-20(25)17-10-16(17)19(24)22-15-8-4-7-14(9-15)11-21/h3-9,16-17H,10H2,1-2H3,(H,22,24)(H,23,25). The van der Waals surface area contributed by atoms with E-state index >= 15 is 0 Å². The second kappa shape index (κ2) is 6.78. The summed E-state index contributed by atoms with van der Waals surface area (Å²) in [6, 6.07) is 14.6. The van der Waals surface area contributed by atoms with Gasteiger partial charge in [0.15, 0.2) is 0 Å². The lowest BCUT2D eigenvalue weighted by atomic mass is 10.1. The molecule has 1 fully saturated rings. The number of hydrogen-bond donors (Lipinski definition) is 2. The average molecular weight is 333 g/mol. The Morgan fingerprint density at radius 2 is 1.60 bits per heavy atom. The third kappa shape index (κ3) is 3.69. The van der Waals surface area contributed by atoms with Crippen molar-refractivity contribution in [3.8, 4) is 6.07 Å². The number of carbonyl (C=O) groups excluding carboxylic acids is 2. The summed E-state index contributed by atoms with van der Waals surface area (Å²) in [6.07, 6.45) is 0.542. The Morgan fingerprint density at radius 1 is 1.00 bits per heavy atom. The number of para-hydroxylation sites is 1. The van der Waals surface area contributed by atoms with E-state index in [0.29, 0.717) is 17.7 Å². The van der Waals surface area contributed by atoms with E-state index in [0.717, 1.165) is 16.8 Å². The van der Waals surface area contributed by atoms with Crippen LogP contribution in [0.3, 0.4) is 0 Å². The molecule has 0 heterocycles. The quantitative estimate of drug-likeness (QED) is 0.900. The largest absolute Gasteiger partial charge is 0.326 e. The Bertz CT molecular complexity index is 863. The second-order valence-corrected chi connectivity index (χ2v) is 6.39. The van der Waals surface area contributed by atoms with Crippen LogP contribution < -0.4 is 10.6 Å². The molecule has 2 N–H and O–H groups in total. The van der Waals surface area contributed by atoms with Gasteiger partial charge in [0, 0.05) is 11.4 Å². The molecule has 0 aromatic heterocycles. The first-order chi connectivity index (χ1) is 12.0. The minimum Gasteiger partial charge on any atom is -0.326 e. The summed E-state index contributed by atoms with van der Waals surface area (Å²) in [6.45, 7) is 3.89. The zero-order valence-electron chi connectivity index (χ0n) is 14.2. The lowest BCUT2D eigenvalue weighted by Gasteiger charge is -2.11. The molecule has 2 aromatic rings. The minimum atomic E-state index is -0.324. The van der Waals surface area contributed by atoms with Gasteiger partial charge >= 0.3 is 0 Å². The van der Waals surface area contributed by atoms with E-state index in [1.807, 2.05) is 38.1 Å². The van der Waals surface area contributed by atoms with Crippen molar-refractivity contribution in [2.24, 2.45) is 11.8 Å². The zero-order valence-corrected chi connectivity index (χ0v) is 14.2. The topological polar surface area (TPSA) is 82.0 Å². The molecule has 1 aliphatic carbocycles. The zero-order chi connectivity index (χ0) is 18.0. The number of aryl methyl sites for hydroxylation is 2. The van der Waals surface area contributed by atoms with Crippen molar-refractivity contribution < 1.29 is 9.59 Å². The Kier molecular flexibility index (Phi) is 4.53. The first-order valence-electron chi connectivity index (χ1n) is 8.17. The average Bonchev–Trinajstić information content (AvgIpc) is 3.39. The van der Waals surface area contributed by atoms with Gasteiger partial charge < -0.3 is 10.6 Å². The number of nitriles is 1. The fourth-order valence-electron chi connectivity index (χ4n) is 2.90. The monoisotopic (exact) mass is 333 g/mol. The first kappa shape index (κ1) is 16.7. The fourth-order valence-corrected chi connectivity index (χ4v) is 2.90. The van der Waals surface area contributed by atoms with Crippen molar-refractivity contribution in [3.05, 3.63) is 59.2 Å². The van der Waals surface area contributed by atoms with Gasteiger partial charge in [-0.25, -0.2) is 0 Å². The Labute approximate surface area is 146 Å². The smallest absolute Gasteiger partial charge is 0.228 e. The first-order valence-corrected chi connectivity index (χ1v) is 8.17. The predicted octanol–water partition coefficient (Wildman–Crippen LogP) is 3.39. The van der Waals surface area contributed by atoms with Crippen LogP contribution in [-0.4, -0.2) is 11.8 Å². The summed E-state index contributed by atoms with van der Waals surface area (Å²) in [7, 11) is 0. The van der Waals surface area contributed by atoms with Crippen LogP contribution in [0.5, 0.6) is 0 Å². The highest BCUT2D eigenvalue weighted by atomic mass is 16.2. The van der Waals surface area contributed by atoms with Gasteiger partial charge in [-0.1, -0.05) is 24.3 Å². The van der Waals surface area contributed by atoms with Gasteiger partial charge in [-0.15, -0.1) is 0 Å². The molecule has 0 radical (unpaired) electrons. The van der Waals surface area contributed by atoms with E-state index in [4.69, 9.17) is 5.26 Å². The van der Waals surface area contributed by atoms with Crippen LogP contribution in [0.1, 0.15) is 23.1 Å². The van der Waals surface area contributed by atoms with E-state index in [1.54, 1.807) is 24.3 Å². The summed E-state index contributed by atoms with van der Waals surface area (Å²) in [4.78, 5) is 24.7. The Morgan fingerprint density at radius 3 is 2.24 bits per heavy atom. The third-order valence-corrected chi connectivity index (χ3v) is 4.45. The van der Waals surface area contributed by atoms with Gasteiger partial charge in [-0.3, -0.25) is 9.59 Å². The molecule has 25 heavy (non-hydrogen) atoms. The molecule has 5 nitrogen and oxygen atoms in total. The van der Waals surface area contributed by atoms with Crippen molar-refractivity contribution in [1.29, 1.82) is 5.26 Å². The molecular formula is C20H19N3O2. The van der Waals surface area contributed by atoms with Crippen LogP contribution in [0.15, 0.2) is 42.5 Å². The lowest BCUT2D eigenvalue weighted by Crippen LogP contribution is -2.21. The highest BCUT2D eigenvalue weighted by Crippen LogP contribution is 2.40. The van der Waals surface area contributed by atoms with Crippen LogP contribution in [0.4, 0.5) is 11.4 Å². The summed E-state index contributed by atoms with van der Waals surface area (Å²) in [5.74, 6) is -0.937. The molecule has 1 aliphatic rings. The van der Waals surface area contributed by atoms with Crippen LogP contribution in [0.2, 0.25) is 0 Å². The highest BCUT2D eigenvalue weighted by Gasteiger charge is 2.48. The van der Waals surface area contributed by atoms with Crippen LogP contribution in [-0.2, 0) is 9.59 Å². The maximum absolute atomic E-state index is 12.4. The summed E-state index contributed by atoms with van der Waals surface area (Å²) in [5.41, 5.74) is 3.88. The molecule has 2 unspecified atom stereocenters. The van der Waals surface area contributed by atoms with Crippen molar-refractivity contribution in [2.45, 2.75) is 20.3 Å². The van der Waals surface area contributed by atoms with Gasteiger partial charge in [-0.05, 0) is 49.6 Å². The molecule has 2 aromatic carbocycles. The molecule has 3 rings (SSSR count). The molecular weight excluding hydrogens is 314 g/mol. The lowest BCUT2D eigenvalue weighted by molar-refractivity contribution is -0.122. The Balaban J connectivity index is 1.61. The number of rotatable bonds is 4. The molecule has 0 bridgehead atoms. The normalized spacial score (nSPS) is 18.1. The number of benzene rings is 2. The number of carbonyl (C=O) groups is 2. The molecule has 126 valence electrons. The number of anilines is 2. The van der Waals surface area contributed by atoms with Crippen LogP contribution in [0, 0.1) is 37.0 Å². The van der Waals surface area contributed by atoms with Crippen molar-refractivity contribution in [3.63, 3.8) is 0 Å². The molecule has 2 atom stereocenters. The fraction of sp³-hybridized carbons (Fsp3) is 0.250. The summed E-state index contributed by atoms with van der Waals surface area (Å²) < 4.78 is 0. The molecule has 2 amide bonds. The van der Waals surface area contributed by atoms with Gasteiger partial charge in [0.25, 0.3) is 0 Å². The number of hydrogen-bond acceptors (Lipinski definition) is 3. The van der Waals surface area contributed by atoms with Crippen LogP contribution in [0.25, 0.3) is 0 Å². The van der Waals surface area contributed by atoms with Gasteiger partial charge in [0.2, 0.25) is 11.8 Å². The molecule has 5 heteroatoms. The number of nitrogens with zero attached hydrogens (tertiary/aromatic N) is 1.